The molecule has 0 radical (unpaired) electrons. The van der Waals surface area contributed by atoms with Crippen molar-refractivity contribution in [2.24, 2.45) is 0 Å². The van der Waals surface area contributed by atoms with E-state index in [4.69, 9.17) is 9.47 Å². The maximum atomic E-state index is 13.3. The van der Waals surface area contributed by atoms with Crippen LogP contribution in [0, 0.1) is 18.6 Å². The molecule has 8 nitrogen and oxygen atoms in total. The molecule has 1 heterocycles. The van der Waals surface area contributed by atoms with Gasteiger partial charge in [-0.05, 0) is 54.6 Å². The molecule has 1 N–H and O–H groups in total. The average molecular weight is 389 g/mol. The van der Waals surface area contributed by atoms with E-state index in [2.05, 4.69) is 20.8 Å². The molecule has 1 unspecified atom stereocenters. The van der Waals surface area contributed by atoms with Crippen molar-refractivity contribution in [1.29, 1.82) is 0 Å². The van der Waals surface area contributed by atoms with Crippen LogP contribution in [0.25, 0.3) is 5.69 Å². The van der Waals surface area contributed by atoms with Gasteiger partial charge in [-0.15, -0.1) is 5.10 Å². The number of tetrazole rings is 1. The Balaban J connectivity index is 1.76. The summed E-state index contributed by atoms with van der Waals surface area (Å²) in [5, 5.41) is 14.0. The molecule has 1 atom stereocenters. The van der Waals surface area contributed by atoms with Gasteiger partial charge in [0.05, 0.1) is 7.11 Å². The Kier molecular flexibility index (Phi) is 5.48. The Morgan fingerprint density at radius 2 is 1.96 bits per heavy atom. The van der Waals surface area contributed by atoms with Gasteiger partial charge in [0, 0.05) is 11.8 Å². The van der Waals surface area contributed by atoms with Crippen LogP contribution in [0.15, 0.2) is 36.4 Å². The number of carbonyl (C=O) groups excluding carboxylic acids is 1. The predicted octanol–water partition coefficient (Wildman–Crippen LogP) is 2.66. The second kappa shape index (κ2) is 7.99. The zero-order chi connectivity index (χ0) is 20.3. The first-order chi connectivity index (χ1) is 13.4. The fraction of sp³-hybridized carbons (Fsp3) is 0.222. The summed E-state index contributed by atoms with van der Waals surface area (Å²) in [5.74, 6) is -1.43. The van der Waals surface area contributed by atoms with Crippen LogP contribution in [0.4, 0.5) is 14.5 Å². The average Bonchev–Trinajstić information content (AvgIpc) is 3.10. The van der Waals surface area contributed by atoms with Crippen molar-refractivity contribution in [3.8, 4) is 17.2 Å². The third kappa shape index (κ3) is 4.05. The number of rotatable bonds is 6. The molecule has 0 aliphatic rings. The van der Waals surface area contributed by atoms with Gasteiger partial charge in [-0.25, -0.2) is 8.78 Å². The third-order valence-corrected chi connectivity index (χ3v) is 3.87. The molecular formula is C18H17F2N5O3. The van der Waals surface area contributed by atoms with Crippen LogP contribution in [0.2, 0.25) is 0 Å². The zero-order valence-corrected chi connectivity index (χ0v) is 15.3. The van der Waals surface area contributed by atoms with E-state index in [1.807, 2.05) is 0 Å². The number of anilines is 1. The molecule has 2 aromatic carbocycles. The molecule has 0 aliphatic heterocycles. The number of methoxy groups -OCH3 is 1. The van der Waals surface area contributed by atoms with E-state index in [0.29, 0.717) is 22.9 Å². The van der Waals surface area contributed by atoms with Crippen LogP contribution in [-0.4, -0.2) is 39.3 Å². The van der Waals surface area contributed by atoms with Crippen LogP contribution in [0.5, 0.6) is 11.5 Å². The highest BCUT2D eigenvalue weighted by molar-refractivity contribution is 5.94. The third-order valence-electron chi connectivity index (χ3n) is 3.87. The Morgan fingerprint density at radius 1 is 1.18 bits per heavy atom. The number of benzene rings is 2. The number of carbonyl (C=O) groups is 1. The number of aromatic nitrogens is 4. The first-order valence-electron chi connectivity index (χ1n) is 8.25. The van der Waals surface area contributed by atoms with E-state index in [1.165, 1.54) is 24.8 Å². The maximum absolute atomic E-state index is 13.3. The Hall–Kier alpha value is -3.56. The summed E-state index contributed by atoms with van der Waals surface area (Å²) in [5.41, 5.74) is 0.994. The topological polar surface area (TPSA) is 91.2 Å². The van der Waals surface area contributed by atoms with Crippen molar-refractivity contribution >= 4 is 11.6 Å². The van der Waals surface area contributed by atoms with Gasteiger partial charge in [-0.1, -0.05) is 0 Å². The summed E-state index contributed by atoms with van der Waals surface area (Å²) in [6, 6.07) is 8.00. The van der Waals surface area contributed by atoms with Crippen molar-refractivity contribution in [3.05, 3.63) is 53.9 Å². The number of aryl methyl sites for hydroxylation is 1. The molecule has 28 heavy (non-hydrogen) atoms. The van der Waals surface area contributed by atoms with Gasteiger partial charge in [-0.2, -0.15) is 4.68 Å². The highest BCUT2D eigenvalue weighted by Crippen LogP contribution is 2.26. The predicted molar refractivity (Wildman–Crippen MR) is 95.5 cm³/mol. The van der Waals surface area contributed by atoms with Crippen LogP contribution in [-0.2, 0) is 4.79 Å². The lowest BCUT2D eigenvalue weighted by molar-refractivity contribution is -0.122. The van der Waals surface area contributed by atoms with E-state index >= 15 is 0 Å². The number of hydrogen-bond donors (Lipinski definition) is 1. The van der Waals surface area contributed by atoms with Crippen molar-refractivity contribution in [2.45, 2.75) is 20.0 Å². The number of ether oxygens (including phenoxy) is 2. The van der Waals surface area contributed by atoms with Gasteiger partial charge < -0.3 is 14.8 Å². The van der Waals surface area contributed by atoms with E-state index in [1.54, 1.807) is 25.1 Å². The molecule has 10 heteroatoms. The van der Waals surface area contributed by atoms with Crippen LogP contribution in [0.3, 0.4) is 0 Å². The molecule has 1 aromatic heterocycles. The lowest BCUT2D eigenvalue weighted by atomic mass is 10.2. The second-order valence-corrected chi connectivity index (χ2v) is 5.85. The number of nitrogens with one attached hydrogen (secondary N) is 1. The van der Waals surface area contributed by atoms with Gasteiger partial charge >= 0.3 is 0 Å². The monoisotopic (exact) mass is 389 g/mol. The minimum atomic E-state index is -1.05. The summed E-state index contributed by atoms with van der Waals surface area (Å²) < 4.78 is 38.4. The molecule has 0 spiro atoms. The molecule has 146 valence electrons. The van der Waals surface area contributed by atoms with Gasteiger partial charge in [0.25, 0.3) is 5.91 Å². The SMILES string of the molecule is COc1ccc(NC(=O)C(C)Oc2ccc(F)c(F)c2)cc1-n1nnnc1C. The smallest absolute Gasteiger partial charge is 0.265 e. The molecule has 0 saturated carbocycles. The summed E-state index contributed by atoms with van der Waals surface area (Å²) in [6.45, 7) is 3.22. The summed E-state index contributed by atoms with van der Waals surface area (Å²) in [6.07, 6.45) is -0.954. The highest BCUT2D eigenvalue weighted by atomic mass is 19.2. The van der Waals surface area contributed by atoms with Crippen molar-refractivity contribution < 1.29 is 23.0 Å². The normalized spacial score (nSPS) is 11.8. The minimum Gasteiger partial charge on any atom is -0.494 e. The van der Waals surface area contributed by atoms with Crippen LogP contribution in [0.1, 0.15) is 12.7 Å². The largest absolute Gasteiger partial charge is 0.494 e. The van der Waals surface area contributed by atoms with E-state index < -0.39 is 23.6 Å². The first-order valence-corrected chi connectivity index (χ1v) is 8.25. The number of nitrogens with zero attached hydrogens (tertiary/aromatic N) is 4. The second-order valence-electron chi connectivity index (χ2n) is 5.85. The molecule has 3 aromatic rings. The Labute approximate surface area is 159 Å². The van der Waals surface area contributed by atoms with Crippen molar-refractivity contribution in [2.75, 3.05) is 12.4 Å². The Bertz CT molecular complexity index is 1010. The number of amides is 1. The number of halogens is 2. The molecule has 0 bridgehead atoms. The summed E-state index contributed by atoms with van der Waals surface area (Å²) in [4.78, 5) is 12.4. The first kappa shape index (κ1) is 19.2. The van der Waals surface area contributed by atoms with Gasteiger partial charge in [0.1, 0.15) is 17.2 Å². The summed E-state index contributed by atoms with van der Waals surface area (Å²) in [7, 11) is 1.51. The fourth-order valence-electron chi connectivity index (χ4n) is 2.44. The lowest BCUT2D eigenvalue weighted by Gasteiger charge is -2.16. The Morgan fingerprint density at radius 3 is 2.61 bits per heavy atom. The van der Waals surface area contributed by atoms with Crippen molar-refractivity contribution in [1.82, 2.24) is 20.2 Å². The lowest BCUT2D eigenvalue weighted by Crippen LogP contribution is -2.30. The van der Waals surface area contributed by atoms with E-state index in [0.717, 1.165) is 12.1 Å². The molecule has 0 saturated heterocycles. The van der Waals surface area contributed by atoms with Gasteiger partial charge in [0.15, 0.2) is 23.6 Å². The van der Waals surface area contributed by atoms with Crippen molar-refractivity contribution in [3.63, 3.8) is 0 Å². The highest BCUT2D eigenvalue weighted by Gasteiger charge is 2.18. The molecular weight excluding hydrogens is 372 g/mol. The summed E-state index contributed by atoms with van der Waals surface area (Å²) >= 11 is 0. The number of hydrogen-bond acceptors (Lipinski definition) is 6. The van der Waals surface area contributed by atoms with E-state index in [-0.39, 0.29) is 5.75 Å². The van der Waals surface area contributed by atoms with E-state index in [9.17, 15) is 13.6 Å². The fourth-order valence-corrected chi connectivity index (χ4v) is 2.44. The van der Waals surface area contributed by atoms with Gasteiger partial charge in [-0.3, -0.25) is 4.79 Å². The minimum absolute atomic E-state index is 0.0429. The van der Waals surface area contributed by atoms with Gasteiger partial charge in [0.2, 0.25) is 0 Å². The molecule has 0 fully saturated rings. The zero-order valence-electron chi connectivity index (χ0n) is 15.3. The standard InChI is InChI=1S/C18H17F2N5O3/c1-10(28-13-5-6-14(19)15(20)9-13)18(26)21-12-4-7-17(27-3)16(8-12)25-11(2)22-23-24-25/h4-10H,1-3H3,(H,21,26). The maximum Gasteiger partial charge on any atom is 0.265 e. The molecule has 0 aliphatic carbocycles. The molecule has 1 amide bonds. The van der Waals surface area contributed by atoms with Crippen LogP contribution < -0.4 is 14.8 Å². The molecule has 3 rings (SSSR count). The van der Waals surface area contributed by atoms with Crippen LogP contribution >= 0.6 is 0 Å². The quantitative estimate of drug-likeness (QED) is 0.697.